The largest absolute Gasteiger partial charge is 0.327 e. The molecule has 68 valence electrons. The summed E-state index contributed by atoms with van der Waals surface area (Å²) in [7, 11) is -2.48. The first kappa shape index (κ1) is 11.1. The van der Waals surface area contributed by atoms with Crippen molar-refractivity contribution >= 4 is 7.37 Å². The van der Waals surface area contributed by atoms with Crippen LogP contribution in [0.1, 0.15) is 13.8 Å². The molecule has 0 radical (unpaired) electrons. The van der Waals surface area contributed by atoms with Gasteiger partial charge in [-0.05, 0) is 5.92 Å². The predicted octanol–water partition coefficient (Wildman–Crippen LogP) is 0.988. The highest BCUT2D eigenvalue weighted by molar-refractivity contribution is 7.58. The molecule has 5 heteroatoms. The minimum atomic E-state index is -2.48. The monoisotopic (exact) mass is 180 g/mol. The van der Waals surface area contributed by atoms with Crippen LogP contribution in [-0.2, 0) is 9.09 Å². The number of hydrazine groups is 1. The zero-order chi connectivity index (χ0) is 8.91. The van der Waals surface area contributed by atoms with Crippen LogP contribution in [0.4, 0.5) is 0 Å². The van der Waals surface area contributed by atoms with Crippen LogP contribution in [0.3, 0.4) is 0 Å². The van der Waals surface area contributed by atoms with Crippen molar-refractivity contribution in [1.82, 2.24) is 5.43 Å². The third-order valence-electron chi connectivity index (χ3n) is 1.06. The topological polar surface area (TPSA) is 64.3 Å². The molecule has 1 unspecified atom stereocenters. The summed E-state index contributed by atoms with van der Waals surface area (Å²) in [5.41, 5.74) is 2.34. The van der Waals surface area contributed by atoms with Crippen LogP contribution in [0.2, 0.25) is 0 Å². The Kier molecular flexibility index (Phi) is 4.93. The maximum Gasteiger partial charge on any atom is 0.214 e. The van der Waals surface area contributed by atoms with Gasteiger partial charge < -0.3 is 4.52 Å². The van der Waals surface area contributed by atoms with E-state index in [4.69, 9.17) is 10.4 Å². The van der Waals surface area contributed by atoms with Gasteiger partial charge >= 0.3 is 0 Å². The maximum absolute atomic E-state index is 11.4. The lowest BCUT2D eigenvalue weighted by molar-refractivity contribution is 0.272. The van der Waals surface area contributed by atoms with E-state index < -0.39 is 7.37 Å². The van der Waals surface area contributed by atoms with Crippen molar-refractivity contribution in [3.63, 3.8) is 0 Å². The summed E-state index contributed by atoms with van der Waals surface area (Å²) >= 11 is 0. The van der Waals surface area contributed by atoms with Gasteiger partial charge in [0.15, 0.2) is 0 Å². The van der Waals surface area contributed by atoms with E-state index >= 15 is 0 Å². The van der Waals surface area contributed by atoms with Gasteiger partial charge in [-0.2, -0.15) is 0 Å². The molecular formula is C6H17N2O2P. The Morgan fingerprint density at radius 2 is 2.18 bits per heavy atom. The summed E-state index contributed by atoms with van der Waals surface area (Å²) in [6.07, 6.45) is 0.236. The second kappa shape index (κ2) is 4.88. The summed E-state index contributed by atoms with van der Waals surface area (Å²) in [4.78, 5) is 0. The molecular weight excluding hydrogens is 163 g/mol. The van der Waals surface area contributed by atoms with Crippen LogP contribution in [0.25, 0.3) is 0 Å². The Hall–Kier alpha value is 0.110. The van der Waals surface area contributed by atoms with E-state index in [1.807, 2.05) is 13.8 Å². The molecule has 0 fully saturated rings. The lowest BCUT2D eigenvalue weighted by Crippen LogP contribution is -2.23. The molecule has 0 spiro atoms. The highest BCUT2D eigenvalue weighted by atomic mass is 31.2. The van der Waals surface area contributed by atoms with E-state index in [0.29, 0.717) is 12.5 Å². The van der Waals surface area contributed by atoms with Crippen LogP contribution >= 0.6 is 7.37 Å². The summed E-state index contributed by atoms with van der Waals surface area (Å²) in [5.74, 6) is 5.42. The molecule has 3 N–H and O–H groups in total. The molecule has 0 heterocycles. The molecule has 0 aliphatic rings. The Morgan fingerprint density at radius 1 is 1.64 bits per heavy atom. The molecule has 0 aromatic rings. The van der Waals surface area contributed by atoms with Gasteiger partial charge in [0, 0.05) is 6.66 Å². The van der Waals surface area contributed by atoms with Gasteiger partial charge in [-0.25, -0.2) is 0 Å². The Morgan fingerprint density at radius 3 is 2.55 bits per heavy atom. The average molecular weight is 180 g/mol. The van der Waals surface area contributed by atoms with E-state index in [1.54, 1.807) is 6.66 Å². The van der Waals surface area contributed by atoms with Crippen molar-refractivity contribution in [2.75, 3.05) is 19.6 Å². The van der Waals surface area contributed by atoms with Gasteiger partial charge in [0.05, 0.1) is 12.9 Å². The minimum Gasteiger partial charge on any atom is -0.327 e. The van der Waals surface area contributed by atoms with Gasteiger partial charge in [0.25, 0.3) is 0 Å². The van der Waals surface area contributed by atoms with Gasteiger partial charge in [-0.15, -0.1) is 0 Å². The van der Waals surface area contributed by atoms with Crippen LogP contribution in [-0.4, -0.2) is 19.6 Å². The van der Waals surface area contributed by atoms with E-state index in [9.17, 15) is 4.57 Å². The van der Waals surface area contributed by atoms with Crippen LogP contribution in [0, 0.1) is 5.92 Å². The average Bonchev–Trinajstić information content (AvgIpc) is 1.84. The number of nitrogens with two attached hydrogens (primary N) is 1. The molecule has 0 amide bonds. The van der Waals surface area contributed by atoms with E-state index in [2.05, 4.69) is 5.43 Å². The van der Waals surface area contributed by atoms with Crippen molar-refractivity contribution < 1.29 is 9.09 Å². The summed E-state index contributed by atoms with van der Waals surface area (Å²) in [6, 6.07) is 0. The molecule has 0 aromatic carbocycles. The van der Waals surface area contributed by atoms with Crippen LogP contribution in [0.15, 0.2) is 0 Å². The molecule has 4 nitrogen and oxygen atoms in total. The maximum atomic E-state index is 11.4. The normalized spacial score (nSPS) is 16.8. The third-order valence-corrected chi connectivity index (χ3v) is 2.51. The third kappa shape index (κ3) is 6.51. The fourth-order valence-corrected chi connectivity index (χ4v) is 1.55. The summed E-state index contributed by atoms with van der Waals surface area (Å²) in [6.45, 7) is 6.12. The first-order valence-corrected chi connectivity index (χ1v) is 5.88. The number of nitrogens with one attached hydrogen (secondary N) is 1. The fraction of sp³-hybridized carbons (Fsp3) is 1.00. The van der Waals surface area contributed by atoms with Crippen molar-refractivity contribution in [3.8, 4) is 0 Å². The van der Waals surface area contributed by atoms with Gasteiger partial charge in [0.2, 0.25) is 7.37 Å². The molecule has 0 bridgehead atoms. The SMILES string of the molecule is CC(C)COP(C)(=O)CNN. The zero-order valence-electron chi connectivity index (χ0n) is 7.33. The van der Waals surface area contributed by atoms with Crippen LogP contribution in [0.5, 0.6) is 0 Å². The minimum absolute atomic E-state index is 0.236. The molecule has 0 aliphatic carbocycles. The summed E-state index contributed by atoms with van der Waals surface area (Å²) < 4.78 is 16.5. The molecule has 0 rings (SSSR count). The van der Waals surface area contributed by atoms with E-state index in [0.717, 1.165) is 0 Å². The molecule has 0 aliphatic heterocycles. The van der Waals surface area contributed by atoms with Crippen molar-refractivity contribution in [1.29, 1.82) is 0 Å². The molecule has 0 aromatic heterocycles. The number of hydrogen-bond acceptors (Lipinski definition) is 4. The Balaban J connectivity index is 3.64. The standard InChI is InChI=1S/C6H17N2O2P/c1-6(2)4-10-11(3,9)5-8-7/h6,8H,4-5,7H2,1-3H3. The van der Waals surface area contributed by atoms with Gasteiger partial charge in [0.1, 0.15) is 0 Å². The molecule has 0 saturated heterocycles. The molecule has 1 atom stereocenters. The zero-order valence-corrected chi connectivity index (χ0v) is 8.23. The fourth-order valence-electron chi connectivity index (χ4n) is 0.518. The number of rotatable bonds is 5. The molecule has 11 heavy (non-hydrogen) atoms. The highest BCUT2D eigenvalue weighted by Gasteiger charge is 2.14. The van der Waals surface area contributed by atoms with Crippen molar-refractivity contribution in [2.45, 2.75) is 13.8 Å². The number of hydrogen-bond donors (Lipinski definition) is 2. The Bertz CT molecular complexity index is 150. The lowest BCUT2D eigenvalue weighted by atomic mass is 10.2. The first-order chi connectivity index (χ1) is 4.98. The lowest BCUT2D eigenvalue weighted by Gasteiger charge is -2.14. The first-order valence-electron chi connectivity index (χ1n) is 3.62. The second-order valence-electron chi connectivity index (χ2n) is 3.07. The van der Waals surface area contributed by atoms with E-state index in [-0.39, 0.29) is 6.29 Å². The highest BCUT2D eigenvalue weighted by Crippen LogP contribution is 2.40. The van der Waals surface area contributed by atoms with Crippen molar-refractivity contribution in [3.05, 3.63) is 0 Å². The smallest absolute Gasteiger partial charge is 0.214 e. The quantitative estimate of drug-likeness (QED) is 0.376. The molecule has 0 saturated carbocycles. The van der Waals surface area contributed by atoms with Crippen molar-refractivity contribution in [2.24, 2.45) is 11.8 Å². The van der Waals surface area contributed by atoms with Gasteiger partial charge in [-0.3, -0.25) is 15.8 Å². The summed E-state index contributed by atoms with van der Waals surface area (Å²) in [5, 5.41) is 0. The van der Waals surface area contributed by atoms with Crippen LogP contribution < -0.4 is 11.3 Å². The van der Waals surface area contributed by atoms with E-state index in [1.165, 1.54) is 0 Å². The second-order valence-corrected chi connectivity index (χ2v) is 5.67. The van der Waals surface area contributed by atoms with Gasteiger partial charge in [-0.1, -0.05) is 13.8 Å². The Labute approximate surface area is 67.9 Å². The predicted molar refractivity (Wildman–Crippen MR) is 46.5 cm³/mol.